The summed E-state index contributed by atoms with van der Waals surface area (Å²) in [7, 11) is 0. The van der Waals surface area contributed by atoms with Gasteiger partial charge in [0.2, 0.25) is 0 Å². The Morgan fingerprint density at radius 2 is 1.67 bits per heavy atom. The first-order valence-corrected chi connectivity index (χ1v) is 8.09. The Hall–Kier alpha value is -1.32. The first kappa shape index (κ1) is 19.7. The molecule has 0 spiro atoms. The Bertz CT molecular complexity index is 334. The van der Waals surface area contributed by atoms with E-state index in [0.29, 0.717) is 25.2 Å². The van der Waals surface area contributed by atoms with Gasteiger partial charge in [-0.2, -0.15) is 0 Å². The van der Waals surface area contributed by atoms with Gasteiger partial charge in [-0.3, -0.25) is 4.79 Å². The quantitative estimate of drug-likeness (QED) is 0.328. The fraction of sp³-hybridized carbons (Fsp3) is 0.765. The average Bonchev–Trinajstić information content (AvgIpc) is 2.46. The topological polar surface area (TPSA) is 52.6 Å². The van der Waals surface area contributed by atoms with E-state index in [1.807, 2.05) is 6.08 Å². The van der Waals surface area contributed by atoms with Crippen molar-refractivity contribution in [3.63, 3.8) is 0 Å². The average molecular weight is 298 g/mol. The predicted octanol–water partition coefficient (Wildman–Crippen LogP) is 4.04. The molecule has 0 bridgehead atoms. The summed E-state index contributed by atoms with van der Waals surface area (Å²) < 4.78 is 10.0. The van der Waals surface area contributed by atoms with Crippen LogP contribution in [-0.4, -0.2) is 25.2 Å². The number of ether oxygens (including phenoxy) is 2. The highest BCUT2D eigenvalue weighted by molar-refractivity contribution is 5.89. The highest BCUT2D eigenvalue weighted by Gasteiger charge is 2.20. The monoisotopic (exact) mass is 298 g/mol. The van der Waals surface area contributed by atoms with E-state index in [1.165, 1.54) is 12.8 Å². The number of hydrogen-bond donors (Lipinski definition) is 0. The lowest BCUT2D eigenvalue weighted by Gasteiger charge is -2.12. The van der Waals surface area contributed by atoms with Gasteiger partial charge in [-0.1, -0.05) is 39.2 Å². The summed E-state index contributed by atoms with van der Waals surface area (Å²) in [6.07, 6.45) is 7.77. The van der Waals surface area contributed by atoms with Crippen LogP contribution in [0.3, 0.4) is 0 Å². The molecule has 1 unspecified atom stereocenters. The Morgan fingerprint density at radius 1 is 1.00 bits per heavy atom. The van der Waals surface area contributed by atoms with Crippen molar-refractivity contribution in [1.82, 2.24) is 0 Å². The van der Waals surface area contributed by atoms with Gasteiger partial charge in [0.25, 0.3) is 0 Å². The minimum Gasteiger partial charge on any atom is -0.466 e. The van der Waals surface area contributed by atoms with Crippen LogP contribution >= 0.6 is 0 Å². The smallest absolute Gasteiger partial charge is 0.333 e. The molecule has 0 heterocycles. The van der Waals surface area contributed by atoms with Gasteiger partial charge in [-0.25, -0.2) is 4.79 Å². The van der Waals surface area contributed by atoms with Crippen LogP contribution < -0.4 is 0 Å². The first-order chi connectivity index (χ1) is 10.1. The van der Waals surface area contributed by atoms with Gasteiger partial charge in [-0.15, -0.1) is 0 Å². The van der Waals surface area contributed by atoms with E-state index in [2.05, 4.69) is 6.92 Å². The maximum Gasteiger partial charge on any atom is 0.333 e. The van der Waals surface area contributed by atoms with Gasteiger partial charge in [0.1, 0.15) is 0 Å². The van der Waals surface area contributed by atoms with E-state index in [1.54, 1.807) is 20.8 Å². The number of rotatable bonds is 11. The Labute approximate surface area is 128 Å². The van der Waals surface area contributed by atoms with E-state index in [-0.39, 0.29) is 17.9 Å². The van der Waals surface area contributed by atoms with Gasteiger partial charge in [0.05, 0.1) is 19.1 Å². The number of carbonyl (C=O) groups excluding carboxylic acids is 2. The van der Waals surface area contributed by atoms with Gasteiger partial charge in [-0.05, 0) is 33.1 Å². The van der Waals surface area contributed by atoms with E-state index >= 15 is 0 Å². The molecule has 0 radical (unpaired) electrons. The second kappa shape index (κ2) is 12.4. The second-order valence-electron chi connectivity index (χ2n) is 5.16. The van der Waals surface area contributed by atoms with Crippen molar-refractivity contribution >= 4 is 11.9 Å². The normalized spacial score (nSPS) is 12.9. The highest BCUT2D eigenvalue weighted by atomic mass is 16.5. The SMILES string of the molecule is CCCCCC/C=C(\CC(C)C(=O)OCC)C(=O)OCC. The van der Waals surface area contributed by atoms with Crippen molar-refractivity contribution in [2.24, 2.45) is 5.92 Å². The number of unbranched alkanes of at least 4 members (excludes halogenated alkanes) is 4. The van der Waals surface area contributed by atoms with Crippen LogP contribution in [0.25, 0.3) is 0 Å². The molecular formula is C17H30O4. The summed E-state index contributed by atoms with van der Waals surface area (Å²) in [5.41, 5.74) is 0.592. The predicted molar refractivity (Wildman–Crippen MR) is 83.9 cm³/mol. The first-order valence-electron chi connectivity index (χ1n) is 8.09. The Balaban J connectivity index is 4.54. The minimum atomic E-state index is -0.323. The van der Waals surface area contributed by atoms with Crippen LogP contribution in [-0.2, 0) is 19.1 Å². The summed E-state index contributed by atoms with van der Waals surface area (Å²) in [6.45, 7) is 8.22. The van der Waals surface area contributed by atoms with Gasteiger partial charge >= 0.3 is 11.9 Å². The van der Waals surface area contributed by atoms with Crippen molar-refractivity contribution < 1.29 is 19.1 Å². The molecule has 0 amide bonds. The van der Waals surface area contributed by atoms with E-state index < -0.39 is 0 Å². The van der Waals surface area contributed by atoms with Crippen molar-refractivity contribution in [1.29, 1.82) is 0 Å². The third-order valence-electron chi connectivity index (χ3n) is 3.20. The highest BCUT2D eigenvalue weighted by Crippen LogP contribution is 2.17. The minimum absolute atomic E-state index is 0.265. The lowest BCUT2D eigenvalue weighted by atomic mass is 9.99. The molecule has 0 aromatic heterocycles. The molecular weight excluding hydrogens is 268 g/mol. The van der Waals surface area contributed by atoms with Crippen molar-refractivity contribution in [2.75, 3.05) is 13.2 Å². The number of allylic oxidation sites excluding steroid dienone is 1. The lowest BCUT2D eigenvalue weighted by molar-refractivity contribution is -0.147. The van der Waals surface area contributed by atoms with Crippen LogP contribution in [0.2, 0.25) is 0 Å². The van der Waals surface area contributed by atoms with Crippen LogP contribution in [0.4, 0.5) is 0 Å². The largest absolute Gasteiger partial charge is 0.466 e. The molecule has 0 aromatic rings. The molecule has 0 saturated heterocycles. The molecule has 0 rings (SSSR count). The van der Waals surface area contributed by atoms with Crippen molar-refractivity contribution in [3.05, 3.63) is 11.6 Å². The van der Waals surface area contributed by atoms with Crippen LogP contribution in [0.1, 0.15) is 66.2 Å². The van der Waals surface area contributed by atoms with E-state index in [0.717, 1.165) is 19.3 Å². The summed E-state index contributed by atoms with van der Waals surface area (Å²) in [6, 6.07) is 0. The summed E-state index contributed by atoms with van der Waals surface area (Å²) in [5, 5.41) is 0. The fourth-order valence-electron chi connectivity index (χ4n) is 2.02. The Kier molecular flexibility index (Phi) is 11.6. The molecule has 4 heteroatoms. The van der Waals surface area contributed by atoms with Crippen LogP contribution in [0, 0.1) is 5.92 Å². The summed E-state index contributed by atoms with van der Waals surface area (Å²) >= 11 is 0. The third-order valence-corrected chi connectivity index (χ3v) is 3.20. The third kappa shape index (κ3) is 9.27. The number of esters is 2. The van der Waals surface area contributed by atoms with Gasteiger partial charge in [0, 0.05) is 5.57 Å². The molecule has 0 aliphatic carbocycles. The molecule has 0 aliphatic heterocycles. The van der Waals surface area contributed by atoms with Gasteiger partial charge in [0.15, 0.2) is 0 Å². The van der Waals surface area contributed by atoms with Crippen molar-refractivity contribution in [2.45, 2.75) is 66.2 Å². The van der Waals surface area contributed by atoms with Crippen LogP contribution in [0.15, 0.2) is 11.6 Å². The molecule has 0 aromatic carbocycles. The Morgan fingerprint density at radius 3 is 2.24 bits per heavy atom. The summed E-state index contributed by atoms with van der Waals surface area (Å²) in [4.78, 5) is 23.6. The zero-order chi connectivity index (χ0) is 16.1. The van der Waals surface area contributed by atoms with E-state index in [9.17, 15) is 9.59 Å². The van der Waals surface area contributed by atoms with Gasteiger partial charge < -0.3 is 9.47 Å². The molecule has 122 valence electrons. The summed E-state index contributed by atoms with van der Waals surface area (Å²) in [5.74, 6) is -0.904. The maximum absolute atomic E-state index is 11.9. The zero-order valence-corrected chi connectivity index (χ0v) is 13.9. The molecule has 0 fully saturated rings. The molecule has 0 N–H and O–H groups in total. The lowest BCUT2D eigenvalue weighted by Crippen LogP contribution is -2.18. The number of hydrogen-bond acceptors (Lipinski definition) is 4. The molecule has 1 atom stereocenters. The van der Waals surface area contributed by atoms with Crippen LogP contribution in [0.5, 0.6) is 0 Å². The second-order valence-corrected chi connectivity index (χ2v) is 5.16. The van der Waals surface area contributed by atoms with Crippen molar-refractivity contribution in [3.8, 4) is 0 Å². The fourth-order valence-corrected chi connectivity index (χ4v) is 2.02. The molecule has 0 saturated carbocycles. The molecule has 0 aliphatic rings. The van der Waals surface area contributed by atoms with E-state index in [4.69, 9.17) is 9.47 Å². The molecule has 21 heavy (non-hydrogen) atoms. The molecule has 4 nitrogen and oxygen atoms in total. The zero-order valence-electron chi connectivity index (χ0n) is 13.9. The number of carbonyl (C=O) groups is 2. The maximum atomic E-state index is 11.9. The standard InChI is InChI=1S/C17H30O4/c1-5-8-9-10-11-12-15(17(19)21-7-3)13-14(4)16(18)20-6-2/h12,14H,5-11,13H2,1-4H3/b15-12+.